The van der Waals surface area contributed by atoms with Crippen LogP contribution in [0.3, 0.4) is 0 Å². The number of aliphatic hydroxyl groups excluding tert-OH is 1. The van der Waals surface area contributed by atoms with E-state index in [0.717, 1.165) is 11.0 Å². The molecule has 6 nitrogen and oxygen atoms in total. The molecule has 0 saturated carbocycles. The van der Waals surface area contributed by atoms with E-state index in [-0.39, 0.29) is 18.6 Å². The summed E-state index contributed by atoms with van der Waals surface area (Å²) in [5.41, 5.74) is 1.83. The van der Waals surface area contributed by atoms with Crippen molar-refractivity contribution in [3.63, 3.8) is 0 Å². The summed E-state index contributed by atoms with van der Waals surface area (Å²) in [6.07, 6.45) is 1.27. The van der Waals surface area contributed by atoms with Crippen molar-refractivity contribution >= 4 is 16.9 Å². The highest BCUT2D eigenvalue weighted by molar-refractivity contribution is 5.97. The minimum Gasteiger partial charge on any atom is -0.394 e. The molecule has 2 heterocycles. The number of aliphatic hydroxyl groups is 1. The Morgan fingerprint density at radius 3 is 3.14 bits per heavy atom. The number of carbonyl (C=O) groups is 1. The van der Waals surface area contributed by atoms with Crippen LogP contribution in [0.4, 0.5) is 0 Å². The number of ether oxygens (including phenoxy) is 1. The molecular formula is C15H19N3O3. The summed E-state index contributed by atoms with van der Waals surface area (Å²) >= 11 is 0. The van der Waals surface area contributed by atoms with Gasteiger partial charge in [0.15, 0.2) is 0 Å². The quantitative estimate of drug-likeness (QED) is 0.870. The van der Waals surface area contributed by atoms with Gasteiger partial charge in [-0.25, -0.2) is 4.98 Å². The fourth-order valence-corrected chi connectivity index (χ4v) is 2.80. The Balaban J connectivity index is 1.86. The number of amides is 1. The average Bonchev–Trinajstić information content (AvgIpc) is 2.92. The molecule has 1 fully saturated rings. The zero-order chi connectivity index (χ0) is 15.0. The SMILES string of the molecule is CC1(C)CN(C(=O)c2ccc3nc[nH]c3c2)CC(CO)O1. The van der Waals surface area contributed by atoms with Gasteiger partial charge in [0.1, 0.15) is 0 Å². The standard InChI is InChI=1S/C15H19N3O3/c1-15(2)8-18(6-11(7-19)21-15)14(20)10-3-4-12-13(5-10)17-9-16-12/h3-5,9,11,19H,6-8H2,1-2H3,(H,16,17). The normalized spacial score (nSPS) is 21.7. The Morgan fingerprint density at radius 2 is 2.38 bits per heavy atom. The molecule has 1 aliphatic heterocycles. The van der Waals surface area contributed by atoms with E-state index in [9.17, 15) is 9.90 Å². The van der Waals surface area contributed by atoms with Crippen molar-refractivity contribution in [1.29, 1.82) is 0 Å². The first-order chi connectivity index (χ1) is 9.98. The first-order valence-corrected chi connectivity index (χ1v) is 6.99. The number of aromatic amines is 1. The van der Waals surface area contributed by atoms with Crippen LogP contribution in [-0.2, 0) is 4.74 Å². The van der Waals surface area contributed by atoms with Crippen molar-refractivity contribution in [1.82, 2.24) is 14.9 Å². The van der Waals surface area contributed by atoms with Crippen LogP contribution in [0.15, 0.2) is 24.5 Å². The Kier molecular flexibility index (Phi) is 3.43. The van der Waals surface area contributed by atoms with Crippen LogP contribution in [0.2, 0.25) is 0 Å². The lowest BCUT2D eigenvalue weighted by molar-refractivity contribution is -0.139. The maximum Gasteiger partial charge on any atom is 0.254 e. The summed E-state index contributed by atoms with van der Waals surface area (Å²) < 4.78 is 5.74. The Hall–Kier alpha value is -1.92. The third kappa shape index (κ3) is 2.77. The summed E-state index contributed by atoms with van der Waals surface area (Å²) in [5, 5.41) is 9.33. The molecule has 2 N–H and O–H groups in total. The zero-order valence-corrected chi connectivity index (χ0v) is 12.2. The Labute approximate surface area is 122 Å². The number of nitrogens with zero attached hydrogens (tertiary/aromatic N) is 2. The van der Waals surface area contributed by atoms with E-state index in [1.54, 1.807) is 23.4 Å². The lowest BCUT2D eigenvalue weighted by Crippen LogP contribution is -2.55. The monoisotopic (exact) mass is 289 g/mol. The van der Waals surface area contributed by atoms with Crippen molar-refractivity contribution in [2.24, 2.45) is 0 Å². The summed E-state index contributed by atoms with van der Waals surface area (Å²) in [4.78, 5) is 21.6. The zero-order valence-electron chi connectivity index (χ0n) is 12.2. The second-order valence-corrected chi connectivity index (χ2v) is 6.00. The Bertz CT molecular complexity index is 665. The third-order valence-electron chi connectivity index (χ3n) is 3.64. The van der Waals surface area contributed by atoms with Gasteiger partial charge in [0.2, 0.25) is 0 Å². The van der Waals surface area contributed by atoms with Gasteiger partial charge in [0.25, 0.3) is 5.91 Å². The molecule has 112 valence electrons. The molecule has 1 saturated heterocycles. The van der Waals surface area contributed by atoms with Gasteiger partial charge in [-0.05, 0) is 32.0 Å². The molecule has 21 heavy (non-hydrogen) atoms. The van der Waals surface area contributed by atoms with E-state index in [0.29, 0.717) is 18.7 Å². The lowest BCUT2D eigenvalue weighted by atomic mass is 10.0. The number of carbonyl (C=O) groups excluding carboxylic acids is 1. The van der Waals surface area contributed by atoms with E-state index in [1.165, 1.54) is 0 Å². The van der Waals surface area contributed by atoms with Gasteiger partial charge < -0.3 is 19.7 Å². The highest BCUT2D eigenvalue weighted by Gasteiger charge is 2.35. The summed E-state index contributed by atoms with van der Waals surface area (Å²) in [6, 6.07) is 5.41. The van der Waals surface area contributed by atoms with Gasteiger partial charge in [-0.2, -0.15) is 0 Å². The molecule has 3 rings (SSSR count). The smallest absolute Gasteiger partial charge is 0.254 e. The molecule has 1 atom stereocenters. The predicted octanol–water partition coefficient (Wildman–Crippen LogP) is 1.17. The van der Waals surface area contributed by atoms with Crippen LogP contribution in [0.25, 0.3) is 11.0 Å². The van der Waals surface area contributed by atoms with Crippen molar-refractivity contribution in [2.75, 3.05) is 19.7 Å². The number of H-pyrrole nitrogens is 1. The fourth-order valence-electron chi connectivity index (χ4n) is 2.80. The summed E-state index contributed by atoms with van der Waals surface area (Å²) in [5.74, 6) is -0.0543. The number of rotatable bonds is 2. The number of hydrogen-bond donors (Lipinski definition) is 2. The third-order valence-corrected chi connectivity index (χ3v) is 3.64. The minimum absolute atomic E-state index is 0.0543. The van der Waals surface area contributed by atoms with Gasteiger partial charge in [-0.3, -0.25) is 4.79 Å². The number of benzene rings is 1. The molecule has 0 bridgehead atoms. The fraction of sp³-hybridized carbons (Fsp3) is 0.467. The van der Waals surface area contributed by atoms with E-state index < -0.39 is 5.60 Å². The van der Waals surface area contributed by atoms with Crippen LogP contribution in [0, 0.1) is 0 Å². The number of nitrogens with one attached hydrogen (secondary N) is 1. The molecule has 0 aliphatic carbocycles. The second-order valence-electron chi connectivity index (χ2n) is 6.00. The molecule has 2 aromatic rings. The lowest BCUT2D eigenvalue weighted by Gasteiger charge is -2.42. The number of imidazole rings is 1. The minimum atomic E-state index is -0.459. The topological polar surface area (TPSA) is 78.5 Å². The van der Waals surface area contributed by atoms with Crippen LogP contribution in [0.5, 0.6) is 0 Å². The average molecular weight is 289 g/mol. The molecule has 0 spiro atoms. The van der Waals surface area contributed by atoms with Crippen LogP contribution in [0.1, 0.15) is 24.2 Å². The van der Waals surface area contributed by atoms with Crippen LogP contribution in [-0.4, -0.2) is 57.3 Å². The van der Waals surface area contributed by atoms with E-state index >= 15 is 0 Å². The predicted molar refractivity (Wildman–Crippen MR) is 78.0 cm³/mol. The molecule has 1 aromatic carbocycles. The first kappa shape index (κ1) is 14.0. The summed E-state index contributed by atoms with van der Waals surface area (Å²) in [7, 11) is 0. The van der Waals surface area contributed by atoms with Gasteiger partial charge in [-0.1, -0.05) is 0 Å². The van der Waals surface area contributed by atoms with Gasteiger partial charge in [0, 0.05) is 18.7 Å². The summed E-state index contributed by atoms with van der Waals surface area (Å²) in [6.45, 7) is 4.66. The maximum atomic E-state index is 12.7. The van der Waals surface area contributed by atoms with Crippen molar-refractivity contribution in [3.8, 4) is 0 Å². The van der Waals surface area contributed by atoms with Crippen molar-refractivity contribution in [2.45, 2.75) is 25.6 Å². The Morgan fingerprint density at radius 1 is 1.57 bits per heavy atom. The van der Waals surface area contributed by atoms with E-state index in [1.807, 2.05) is 19.9 Å². The highest BCUT2D eigenvalue weighted by Crippen LogP contribution is 2.23. The van der Waals surface area contributed by atoms with E-state index in [4.69, 9.17) is 4.74 Å². The molecule has 6 heteroatoms. The molecule has 0 radical (unpaired) electrons. The number of fused-ring (bicyclic) bond motifs is 1. The van der Waals surface area contributed by atoms with Crippen molar-refractivity contribution in [3.05, 3.63) is 30.1 Å². The van der Waals surface area contributed by atoms with Gasteiger partial charge in [-0.15, -0.1) is 0 Å². The maximum absolute atomic E-state index is 12.7. The number of hydrogen-bond acceptors (Lipinski definition) is 4. The largest absolute Gasteiger partial charge is 0.394 e. The van der Waals surface area contributed by atoms with Crippen LogP contribution >= 0.6 is 0 Å². The highest BCUT2D eigenvalue weighted by atomic mass is 16.5. The first-order valence-electron chi connectivity index (χ1n) is 6.99. The van der Waals surface area contributed by atoms with Gasteiger partial charge >= 0.3 is 0 Å². The molecule has 1 aliphatic rings. The molecule has 1 amide bonds. The molecule has 1 aromatic heterocycles. The number of aromatic nitrogens is 2. The van der Waals surface area contributed by atoms with Crippen LogP contribution < -0.4 is 0 Å². The van der Waals surface area contributed by atoms with Crippen molar-refractivity contribution < 1.29 is 14.6 Å². The van der Waals surface area contributed by atoms with Gasteiger partial charge in [0.05, 0.1) is 35.7 Å². The molecular weight excluding hydrogens is 270 g/mol. The molecule has 1 unspecified atom stereocenters. The second kappa shape index (κ2) is 5.13. The van der Waals surface area contributed by atoms with E-state index in [2.05, 4.69) is 9.97 Å². The number of morpholine rings is 1.